The van der Waals surface area contributed by atoms with E-state index in [1.807, 2.05) is 0 Å². The molecule has 0 aromatic heterocycles. The molecule has 1 aliphatic rings. The molecule has 0 bridgehead atoms. The predicted octanol–water partition coefficient (Wildman–Crippen LogP) is 7.86. The summed E-state index contributed by atoms with van der Waals surface area (Å²) < 4.78 is 6.21. The van der Waals surface area contributed by atoms with Gasteiger partial charge in [-0.15, -0.1) is 0 Å². The molecule has 1 saturated heterocycles. The first kappa shape index (κ1) is 28.2. The molecule has 0 spiro atoms. The van der Waals surface area contributed by atoms with E-state index in [0.717, 1.165) is 6.61 Å². The highest BCUT2D eigenvalue weighted by Gasteiger charge is 2.31. The first-order chi connectivity index (χ1) is 14.7. The van der Waals surface area contributed by atoms with Crippen LogP contribution in [0.2, 0.25) is 6.55 Å². The molecule has 0 radical (unpaired) electrons. The van der Waals surface area contributed by atoms with Crippen LogP contribution in [0.1, 0.15) is 148 Å². The monoisotopic (exact) mass is 439 g/mol. The van der Waals surface area contributed by atoms with Gasteiger partial charge >= 0.3 is 0 Å². The zero-order valence-corrected chi connectivity index (χ0v) is 22.4. The molecule has 0 saturated carbocycles. The Hall–Kier alpha value is 0.137. The quantitative estimate of drug-likeness (QED) is 0.146. The summed E-state index contributed by atoms with van der Waals surface area (Å²) in [5.74, 6) is 0. The molecular weight excluding hydrogens is 382 g/mol. The van der Waals surface area contributed by atoms with E-state index >= 15 is 0 Å². The second-order valence-electron chi connectivity index (χ2n) is 10.2. The third-order valence-corrected chi connectivity index (χ3v) is 9.68. The van der Waals surface area contributed by atoms with E-state index in [2.05, 4.69) is 13.5 Å². The SMILES string of the molecule is CCCCCCCCCCCCCCCCCCC(N)CCC1([SiH2]C)CCCCO1. The van der Waals surface area contributed by atoms with Crippen molar-refractivity contribution in [1.29, 1.82) is 0 Å². The smallest absolute Gasteiger partial charge is 0.0564 e. The Morgan fingerprint density at radius 3 is 1.67 bits per heavy atom. The molecule has 1 heterocycles. The number of nitrogens with two attached hydrogens (primary N) is 1. The van der Waals surface area contributed by atoms with E-state index in [9.17, 15) is 0 Å². The Morgan fingerprint density at radius 2 is 1.23 bits per heavy atom. The van der Waals surface area contributed by atoms with Gasteiger partial charge in [0, 0.05) is 12.6 Å². The summed E-state index contributed by atoms with van der Waals surface area (Å²) in [6, 6.07) is 0.402. The molecular formula is C27H57NOSi. The summed E-state index contributed by atoms with van der Waals surface area (Å²) in [5, 5.41) is 0.296. The normalized spacial score (nSPS) is 20.9. The highest BCUT2D eigenvalue weighted by atomic mass is 28.2. The molecule has 1 fully saturated rings. The lowest BCUT2D eigenvalue weighted by Gasteiger charge is -2.37. The Morgan fingerprint density at radius 1 is 0.733 bits per heavy atom. The second-order valence-corrected chi connectivity index (χ2v) is 12.2. The molecule has 2 unspecified atom stereocenters. The number of rotatable bonds is 21. The Labute approximate surface area is 192 Å². The lowest BCUT2D eigenvalue weighted by molar-refractivity contribution is -0.0271. The maximum Gasteiger partial charge on any atom is 0.0564 e. The molecule has 0 amide bonds. The van der Waals surface area contributed by atoms with Gasteiger partial charge in [-0.3, -0.25) is 0 Å². The fraction of sp³-hybridized carbons (Fsp3) is 1.00. The summed E-state index contributed by atoms with van der Waals surface area (Å²) in [7, 11) is -0.108. The highest BCUT2D eigenvalue weighted by Crippen LogP contribution is 2.29. The Bertz CT molecular complexity index is 357. The minimum absolute atomic E-state index is 0.108. The van der Waals surface area contributed by atoms with Crippen molar-refractivity contribution in [2.24, 2.45) is 5.73 Å². The van der Waals surface area contributed by atoms with Crippen LogP contribution in [-0.2, 0) is 4.74 Å². The molecule has 180 valence electrons. The highest BCUT2D eigenvalue weighted by molar-refractivity contribution is 6.37. The minimum atomic E-state index is -0.108. The van der Waals surface area contributed by atoms with Gasteiger partial charge in [0.05, 0.1) is 14.7 Å². The van der Waals surface area contributed by atoms with Crippen LogP contribution in [0.25, 0.3) is 0 Å². The van der Waals surface area contributed by atoms with Gasteiger partial charge < -0.3 is 10.5 Å². The standard InChI is InChI=1S/C27H57NOSi/c1-3-4-5-6-7-8-9-10-11-12-13-14-15-16-17-18-21-26(28)22-24-27(30-2)23-19-20-25-29-27/h26H,3-25,28,30H2,1-2H3. The fourth-order valence-corrected chi connectivity index (χ4v) is 6.62. The molecule has 2 N–H and O–H groups in total. The van der Waals surface area contributed by atoms with Crippen LogP contribution in [0.15, 0.2) is 0 Å². The molecule has 0 aliphatic carbocycles. The van der Waals surface area contributed by atoms with Crippen molar-refractivity contribution in [2.75, 3.05) is 6.61 Å². The van der Waals surface area contributed by atoms with Crippen LogP contribution in [0, 0.1) is 0 Å². The predicted molar refractivity (Wildman–Crippen MR) is 138 cm³/mol. The molecule has 2 nitrogen and oxygen atoms in total. The molecule has 0 aromatic rings. The zero-order valence-electron chi connectivity index (χ0n) is 21.0. The van der Waals surface area contributed by atoms with Crippen molar-refractivity contribution >= 4 is 9.52 Å². The van der Waals surface area contributed by atoms with Gasteiger partial charge in [-0.2, -0.15) is 0 Å². The zero-order chi connectivity index (χ0) is 21.8. The Kier molecular flexibility index (Phi) is 18.6. The van der Waals surface area contributed by atoms with E-state index in [0.29, 0.717) is 11.3 Å². The van der Waals surface area contributed by atoms with Crippen LogP contribution in [0.5, 0.6) is 0 Å². The van der Waals surface area contributed by atoms with Crippen LogP contribution in [0.3, 0.4) is 0 Å². The van der Waals surface area contributed by atoms with Crippen LogP contribution >= 0.6 is 0 Å². The van der Waals surface area contributed by atoms with Crippen molar-refractivity contribution in [2.45, 2.75) is 166 Å². The summed E-state index contributed by atoms with van der Waals surface area (Å²) in [6.45, 7) is 5.72. The van der Waals surface area contributed by atoms with Gasteiger partial charge in [0.15, 0.2) is 0 Å². The van der Waals surface area contributed by atoms with Crippen molar-refractivity contribution in [3.05, 3.63) is 0 Å². The molecule has 2 atom stereocenters. The van der Waals surface area contributed by atoms with Crippen molar-refractivity contribution in [3.8, 4) is 0 Å². The topological polar surface area (TPSA) is 35.2 Å². The van der Waals surface area contributed by atoms with Crippen LogP contribution < -0.4 is 5.73 Å². The van der Waals surface area contributed by atoms with E-state index in [4.69, 9.17) is 10.5 Å². The number of ether oxygens (including phenoxy) is 1. The maximum absolute atomic E-state index is 6.42. The van der Waals surface area contributed by atoms with E-state index < -0.39 is 0 Å². The van der Waals surface area contributed by atoms with E-state index in [1.54, 1.807) is 0 Å². The summed E-state index contributed by atoms with van der Waals surface area (Å²) in [6.07, 6.45) is 30.6. The molecule has 0 aromatic carbocycles. The van der Waals surface area contributed by atoms with Gasteiger partial charge in [0.1, 0.15) is 0 Å². The van der Waals surface area contributed by atoms with Gasteiger partial charge in [-0.25, -0.2) is 0 Å². The number of unbranched alkanes of at least 4 members (excludes halogenated alkanes) is 15. The lowest BCUT2D eigenvalue weighted by Crippen LogP contribution is -2.42. The van der Waals surface area contributed by atoms with Crippen molar-refractivity contribution in [3.63, 3.8) is 0 Å². The van der Waals surface area contributed by atoms with Crippen molar-refractivity contribution < 1.29 is 4.74 Å². The minimum Gasteiger partial charge on any atom is -0.379 e. The summed E-state index contributed by atoms with van der Waals surface area (Å²) in [4.78, 5) is 0. The third-order valence-electron chi connectivity index (χ3n) is 7.48. The summed E-state index contributed by atoms with van der Waals surface area (Å²) >= 11 is 0. The first-order valence-corrected chi connectivity index (χ1v) is 16.2. The van der Waals surface area contributed by atoms with Gasteiger partial charge in [0.2, 0.25) is 0 Å². The summed E-state index contributed by atoms with van der Waals surface area (Å²) in [5.41, 5.74) is 6.42. The fourth-order valence-electron chi connectivity index (χ4n) is 5.11. The average Bonchev–Trinajstić information content (AvgIpc) is 2.78. The number of hydrogen-bond donors (Lipinski definition) is 1. The van der Waals surface area contributed by atoms with Gasteiger partial charge in [-0.05, 0) is 38.5 Å². The molecule has 1 aliphatic heterocycles. The second kappa shape index (κ2) is 19.8. The third kappa shape index (κ3) is 15.0. The van der Waals surface area contributed by atoms with Crippen LogP contribution in [0.4, 0.5) is 0 Å². The average molecular weight is 440 g/mol. The lowest BCUT2D eigenvalue weighted by atomic mass is 9.97. The Balaban J connectivity index is 1.80. The molecule has 1 rings (SSSR count). The molecule has 3 heteroatoms. The van der Waals surface area contributed by atoms with Crippen molar-refractivity contribution in [1.82, 2.24) is 0 Å². The van der Waals surface area contributed by atoms with E-state index in [-0.39, 0.29) is 9.52 Å². The van der Waals surface area contributed by atoms with E-state index in [1.165, 1.54) is 141 Å². The van der Waals surface area contributed by atoms with Gasteiger partial charge in [-0.1, -0.05) is 116 Å². The first-order valence-electron chi connectivity index (χ1n) is 14.1. The largest absolute Gasteiger partial charge is 0.379 e. The van der Waals surface area contributed by atoms with Gasteiger partial charge in [0.25, 0.3) is 0 Å². The molecule has 30 heavy (non-hydrogen) atoms. The maximum atomic E-state index is 6.42. The van der Waals surface area contributed by atoms with Crippen LogP contribution in [-0.4, -0.2) is 27.4 Å². The number of hydrogen-bond acceptors (Lipinski definition) is 2.